The van der Waals surface area contributed by atoms with E-state index < -0.39 is 0 Å². The van der Waals surface area contributed by atoms with Gasteiger partial charge in [0.1, 0.15) is 0 Å². The molecule has 0 aromatic rings. The van der Waals surface area contributed by atoms with Crippen molar-refractivity contribution < 1.29 is 9.53 Å². The van der Waals surface area contributed by atoms with E-state index in [0.717, 1.165) is 32.4 Å². The normalized spacial score (nSPS) is 27.6. The summed E-state index contributed by atoms with van der Waals surface area (Å²) in [5.74, 6) is 0.230. The predicted octanol–water partition coefficient (Wildman–Crippen LogP) is 1.14. The number of likely N-dealkylation sites (tertiary alicyclic amines) is 1. The Balaban J connectivity index is 1.83. The van der Waals surface area contributed by atoms with Gasteiger partial charge in [0.25, 0.3) is 0 Å². The number of rotatable bonds is 3. The molecule has 4 heteroatoms. The second kappa shape index (κ2) is 5.36. The van der Waals surface area contributed by atoms with Crippen molar-refractivity contribution in [2.75, 3.05) is 26.8 Å². The van der Waals surface area contributed by atoms with Gasteiger partial charge < -0.3 is 15.4 Å². The number of hydrogen-bond donors (Lipinski definition) is 1. The summed E-state index contributed by atoms with van der Waals surface area (Å²) in [5, 5.41) is 0. The van der Waals surface area contributed by atoms with Crippen LogP contribution < -0.4 is 5.73 Å². The summed E-state index contributed by atoms with van der Waals surface area (Å²) in [5.41, 5.74) is 6.57. The molecule has 1 saturated heterocycles. The van der Waals surface area contributed by atoms with Crippen molar-refractivity contribution in [3.8, 4) is 0 Å². The first-order valence-corrected chi connectivity index (χ1v) is 6.70. The molecule has 1 aliphatic carbocycles. The average Bonchev–Trinajstić information content (AvgIpc) is 2.69. The second-order valence-electron chi connectivity index (χ2n) is 5.48. The molecular formula is C13H24N2O2. The Kier molecular flexibility index (Phi) is 4.05. The molecule has 1 amide bonds. The average molecular weight is 240 g/mol. The van der Waals surface area contributed by atoms with Crippen molar-refractivity contribution in [1.82, 2.24) is 4.90 Å². The molecule has 1 atom stereocenters. The number of ether oxygens (including phenoxy) is 1. The lowest BCUT2D eigenvalue weighted by Gasteiger charge is -2.42. The van der Waals surface area contributed by atoms with Gasteiger partial charge in [-0.05, 0) is 31.1 Å². The third-order valence-corrected chi connectivity index (χ3v) is 4.61. The fourth-order valence-electron chi connectivity index (χ4n) is 3.34. The van der Waals surface area contributed by atoms with E-state index in [1.807, 2.05) is 4.90 Å². The summed E-state index contributed by atoms with van der Waals surface area (Å²) in [6.07, 6.45) is 6.38. The summed E-state index contributed by atoms with van der Waals surface area (Å²) in [6.45, 7) is 2.30. The third kappa shape index (κ3) is 2.63. The first-order valence-electron chi connectivity index (χ1n) is 6.70. The molecule has 2 aliphatic rings. The van der Waals surface area contributed by atoms with Crippen LogP contribution in [0.2, 0.25) is 0 Å². The van der Waals surface area contributed by atoms with E-state index in [1.165, 1.54) is 12.8 Å². The Morgan fingerprint density at radius 1 is 1.41 bits per heavy atom. The Hall–Kier alpha value is -0.610. The van der Waals surface area contributed by atoms with Crippen LogP contribution >= 0.6 is 0 Å². The van der Waals surface area contributed by atoms with Gasteiger partial charge in [-0.2, -0.15) is 0 Å². The van der Waals surface area contributed by atoms with E-state index in [0.29, 0.717) is 24.5 Å². The highest BCUT2D eigenvalue weighted by atomic mass is 16.5. The van der Waals surface area contributed by atoms with Crippen molar-refractivity contribution >= 4 is 5.91 Å². The van der Waals surface area contributed by atoms with Gasteiger partial charge in [0.05, 0.1) is 13.0 Å². The van der Waals surface area contributed by atoms with Crippen LogP contribution in [0.4, 0.5) is 0 Å². The molecule has 17 heavy (non-hydrogen) atoms. The topological polar surface area (TPSA) is 55.6 Å². The Labute approximate surface area is 103 Å². The Morgan fingerprint density at radius 3 is 2.65 bits per heavy atom. The molecule has 1 spiro atoms. The third-order valence-electron chi connectivity index (χ3n) is 4.61. The van der Waals surface area contributed by atoms with Crippen molar-refractivity contribution in [3.05, 3.63) is 0 Å². The molecule has 98 valence electrons. The molecule has 2 fully saturated rings. The monoisotopic (exact) mass is 240 g/mol. The van der Waals surface area contributed by atoms with Crippen LogP contribution in [-0.2, 0) is 9.53 Å². The van der Waals surface area contributed by atoms with Gasteiger partial charge in [-0.3, -0.25) is 4.79 Å². The maximum absolute atomic E-state index is 11.9. The summed E-state index contributed by atoms with van der Waals surface area (Å²) in [4.78, 5) is 13.8. The van der Waals surface area contributed by atoms with E-state index in [1.54, 1.807) is 7.11 Å². The Bertz CT molecular complexity index is 273. The van der Waals surface area contributed by atoms with Crippen LogP contribution in [0.3, 0.4) is 0 Å². The highest BCUT2D eigenvalue weighted by molar-refractivity contribution is 5.76. The molecule has 1 heterocycles. The number of nitrogens with two attached hydrogens (primary N) is 1. The molecule has 1 unspecified atom stereocenters. The molecular weight excluding hydrogens is 216 g/mol. The van der Waals surface area contributed by atoms with Crippen molar-refractivity contribution in [2.45, 2.75) is 44.6 Å². The van der Waals surface area contributed by atoms with Crippen molar-refractivity contribution in [2.24, 2.45) is 11.1 Å². The van der Waals surface area contributed by atoms with E-state index in [2.05, 4.69) is 0 Å². The van der Waals surface area contributed by atoms with Gasteiger partial charge in [-0.1, -0.05) is 6.42 Å². The number of piperidine rings is 1. The quantitative estimate of drug-likeness (QED) is 0.805. The molecule has 2 N–H and O–H groups in total. The zero-order chi connectivity index (χ0) is 12.3. The van der Waals surface area contributed by atoms with Gasteiger partial charge in [-0.15, -0.1) is 0 Å². The minimum absolute atomic E-state index is 0.230. The van der Waals surface area contributed by atoms with Gasteiger partial charge in [-0.25, -0.2) is 0 Å². The van der Waals surface area contributed by atoms with Gasteiger partial charge in [0.15, 0.2) is 0 Å². The van der Waals surface area contributed by atoms with E-state index >= 15 is 0 Å². The molecule has 0 radical (unpaired) electrons. The van der Waals surface area contributed by atoms with Gasteiger partial charge in [0, 0.05) is 26.2 Å². The lowest BCUT2D eigenvalue weighted by Crippen LogP contribution is -2.48. The number of methoxy groups -OCH3 is 1. The van der Waals surface area contributed by atoms with Crippen molar-refractivity contribution in [1.29, 1.82) is 0 Å². The van der Waals surface area contributed by atoms with Crippen LogP contribution in [0.1, 0.15) is 38.5 Å². The Morgan fingerprint density at radius 2 is 2.12 bits per heavy atom. The minimum Gasteiger partial charge on any atom is -0.384 e. The lowest BCUT2D eigenvalue weighted by atomic mass is 9.74. The maximum Gasteiger partial charge on any atom is 0.224 e. The highest BCUT2D eigenvalue weighted by Gasteiger charge is 2.43. The predicted molar refractivity (Wildman–Crippen MR) is 66.6 cm³/mol. The van der Waals surface area contributed by atoms with E-state index in [9.17, 15) is 4.79 Å². The number of amides is 1. The smallest absolute Gasteiger partial charge is 0.224 e. The number of nitrogens with zero attached hydrogens (tertiary/aromatic N) is 1. The van der Waals surface area contributed by atoms with Crippen LogP contribution in [0.15, 0.2) is 0 Å². The fraction of sp³-hybridized carbons (Fsp3) is 0.923. The highest BCUT2D eigenvalue weighted by Crippen LogP contribution is 2.45. The largest absolute Gasteiger partial charge is 0.384 e. The van der Waals surface area contributed by atoms with Gasteiger partial charge in [0.2, 0.25) is 5.91 Å². The molecule has 1 saturated carbocycles. The summed E-state index contributed by atoms with van der Waals surface area (Å²) in [6, 6.07) is 0.360. The van der Waals surface area contributed by atoms with E-state index in [-0.39, 0.29) is 5.91 Å². The summed E-state index contributed by atoms with van der Waals surface area (Å²) >= 11 is 0. The van der Waals surface area contributed by atoms with Gasteiger partial charge >= 0.3 is 0 Å². The summed E-state index contributed by atoms with van der Waals surface area (Å²) in [7, 11) is 1.63. The minimum atomic E-state index is 0.230. The van der Waals surface area contributed by atoms with Crippen LogP contribution in [-0.4, -0.2) is 43.7 Å². The summed E-state index contributed by atoms with van der Waals surface area (Å²) < 4.78 is 4.95. The molecule has 0 aromatic carbocycles. The van der Waals surface area contributed by atoms with Crippen LogP contribution in [0.25, 0.3) is 0 Å². The number of carbonyl (C=O) groups excluding carboxylic acids is 1. The fourth-order valence-corrected chi connectivity index (χ4v) is 3.34. The maximum atomic E-state index is 11.9. The standard InChI is InChI=1S/C13H24N2O2/c1-17-10-4-12(16)15-8-6-13(7-9-15)5-2-3-11(13)14/h11H,2-10,14H2,1H3. The lowest BCUT2D eigenvalue weighted by molar-refractivity contribution is -0.134. The van der Waals surface area contributed by atoms with E-state index in [4.69, 9.17) is 10.5 Å². The van der Waals surface area contributed by atoms with Crippen molar-refractivity contribution in [3.63, 3.8) is 0 Å². The molecule has 4 nitrogen and oxygen atoms in total. The SMILES string of the molecule is COCCC(=O)N1CCC2(CCCC2N)CC1. The zero-order valence-electron chi connectivity index (χ0n) is 10.8. The zero-order valence-corrected chi connectivity index (χ0v) is 10.8. The molecule has 2 rings (SSSR count). The molecule has 0 aromatic heterocycles. The van der Waals surface area contributed by atoms with Crippen LogP contribution in [0, 0.1) is 5.41 Å². The molecule has 0 bridgehead atoms. The first-order chi connectivity index (χ1) is 8.18. The second-order valence-corrected chi connectivity index (χ2v) is 5.48. The molecule has 1 aliphatic heterocycles. The number of carbonyl (C=O) groups is 1. The number of hydrogen-bond acceptors (Lipinski definition) is 3. The van der Waals surface area contributed by atoms with Crippen LogP contribution in [0.5, 0.6) is 0 Å². The first kappa shape index (κ1) is 12.8.